The van der Waals surface area contributed by atoms with Crippen molar-refractivity contribution in [2.75, 3.05) is 29.3 Å². The molecule has 6 nitrogen and oxygen atoms in total. The molecule has 3 aromatic carbocycles. The van der Waals surface area contributed by atoms with Crippen molar-refractivity contribution in [3.63, 3.8) is 0 Å². The first kappa shape index (κ1) is 24.3. The van der Waals surface area contributed by atoms with Crippen molar-refractivity contribution in [1.82, 2.24) is 5.32 Å². The Kier molecular flexibility index (Phi) is 8.43. The molecule has 1 amide bonds. The first-order valence-corrected chi connectivity index (χ1v) is 12.3. The quantitative estimate of drug-likeness (QED) is 0.413. The van der Waals surface area contributed by atoms with Crippen molar-refractivity contribution in [2.45, 2.75) is 24.7 Å². The van der Waals surface area contributed by atoms with Gasteiger partial charge in [0, 0.05) is 31.0 Å². The third-order valence-corrected chi connectivity index (χ3v) is 6.52. The van der Waals surface area contributed by atoms with Crippen LogP contribution in [0.25, 0.3) is 0 Å². The number of nitrogens with one attached hydrogen (secondary N) is 2. The zero-order valence-corrected chi connectivity index (χ0v) is 19.3. The van der Waals surface area contributed by atoms with Gasteiger partial charge in [-0.2, -0.15) is 0 Å². The van der Waals surface area contributed by atoms with E-state index in [4.69, 9.17) is 0 Å². The first-order chi connectivity index (χ1) is 15.9. The minimum atomic E-state index is -3.81. The number of nitrogens with zero attached hydrogens (tertiary/aromatic N) is 1. The second-order valence-corrected chi connectivity index (χ2v) is 9.23. The van der Waals surface area contributed by atoms with Crippen LogP contribution in [0.2, 0.25) is 0 Å². The van der Waals surface area contributed by atoms with E-state index >= 15 is 0 Å². The highest BCUT2D eigenvalue weighted by Crippen LogP contribution is 2.17. The van der Waals surface area contributed by atoms with Crippen LogP contribution in [0.4, 0.5) is 15.8 Å². The largest absolute Gasteiger partial charge is 0.372 e. The number of carbonyl (C=O) groups excluding carboxylic acids is 1. The smallest absolute Gasteiger partial charge is 0.261 e. The van der Waals surface area contributed by atoms with E-state index in [-0.39, 0.29) is 17.2 Å². The van der Waals surface area contributed by atoms with Gasteiger partial charge in [0.2, 0.25) is 5.91 Å². The molecule has 0 unspecified atom stereocenters. The third-order valence-electron chi connectivity index (χ3n) is 5.12. The molecule has 33 heavy (non-hydrogen) atoms. The molecule has 0 aliphatic heterocycles. The van der Waals surface area contributed by atoms with Gasteiger partial charge in [0.05, 0.1) is 11.3 Å². The predicted molar refractivity (Wildman–Crippen MR) is 129 cm³/mol. The van der Waals surface area contributed by atoms with Crippen LogP contribution in [0.3, 0.4) is 0 Å². The molecule has 0 heterocycles. The monoisotopic (exact) mass is 469 g/mol. The minimum absolute atomic E-state index is 0.0266. The van der Waals surface area contributed by atoms with Gasteiger partial charge in [-0.25, -0.2) is 12.8 Å². The maximum absolute atomic E-state index is 13.0. The molecule has 0 saturated carbocycles. The van der Waals surface area contributed by atoms with Crippen molar-refractivity contribution in [3.05, 3.63) is 90.2 Å². The molecule has 0 radical (unpaired) electrons. The van der Waals surface area contributed by atoms with E-state index in [1.165, 1.54) is 17.8 Å². The van der Waals surface area contributed by atoms with E-state index in [0.717, 1.165) is 37.2 Å². The van der Waals surface area contributed by atoms with Crippen LogP contribution in [0.5, 0.6) is 0 Å². The van der Waals surface area contributed by atoms with Gasteiger partial charge in [-0.1, -0.05) is 30.3 Å². The van der Waals surface area contributed by atoms with Gasteiger partial charge in [0.1, 0.15) is 5.82 Å². The van der Waals surface area contributed by atoms with Gasteiger partial charge in [-0.05, 0) is 67.4 Å². The van der Waals surface area contributed by atoms with Crippen LogP contribution in [0.1, 0.15) is 18.9 Å². The number of amides is 1. The van der Waals surface area contributed by atoms with Crippen molar-refractivity contribution in [1.29, 1.82) is 0 Å². The topological polar surface area (TPSA) is 78.5 Å². The molecule has 0 atom stereocenters. The second-order valence-electron chi connectivity index (χ2n) is 7.55. The second kappa shape index (κ2) is 11.5. The summed E-state index contributed by atoms with van der Waals surface area (Å²) in [5.41, 5.74) is 2.31. The lowest BCUT2D eigenvalue weighted by Crippen LogP contribution is -2.30. The number of rotatable bonds is 11. The molecule has 8 heteroatoms. The van der Waals surface area contributed by atoms with E-state index in [2.05, 4.69) is 34.0 Å². The molecule has 2 N–H and O–H groups in total. The highest BCUT2D eigenvalue weighted by molar-refractivity contribution is 7.92. The molecule has 0 bridgehead atoms. The Balaban J connectivity index is 1.44. The maximum Gasteiger partial charge on any atom is 0.261 e. The van der Waals surface area contributed by atoms with Crippen LogP contribution in [-0.2, 0) is 21.2 Å². The molecule has 3 rings (SSSR count). The summed E-state index contributed by atoms with van der Waals surface area (Å²) in [4.78, 5) is 14.5. The summed E-state index contributed by atoms with van der Waals surface area (Å²) >= 11 is 0. The lowest BCUT2D eigenvalue weighted by Gasteiger charge is -2.23. The highest BCUT2D eigenvalue weighted by atomic mass is 32.2. The van der Waals surface area contributed by atoms with Gasteiger partial charge in [0.25, 0.3) is 10.0 Å². The number of carbonyl (C=O) groups is 1. The summed E-state index contributed by atoms with van der Waals surface area (Å²) in [6, 6.07) is 21.4. The SMILES string of the molecule is CCN(CCCNC(=O)Cc1ccc(NS(=O)(=O)c2ccc(F)cc2)cc1)c1ccccc1. The molecule has 0 aliphatic rings. The molecular weight excluding hydrogens is 441 g/mol. The fourth-order valence-corrected chi connectivity index (χ4v) is 4.43. The minimum Gasteiger partial charge on any atom is -0.372 e. The van der Waals surface area contributed by atoms with E-state index in [1.807, 2.05) is 18.2 Å². The zero-order valence-electron chi connectivity index (χ0n) is 18.5. The zero-order chi connectivity index (χ0) is 23.7. The van der Waals surface area contributed by atoms with Crippen molar-refractivity contribution in [3.8, 4) is 0 Å². The van der Waals surface area contributed by atoms with E-state index in [0.29, 0.717) is 12.2 Å². The Morgan fingerprint density at radius 2 is 1.61 bits per heavy atom. The Morgan fingerprint density at radius 1 is 0.939 bits per heavy atom. The van der Waals surface area contributed by atoms with Crippen LogP contribution in [0, 0.1) is 5.82 Å². The number of hydrogen-bond acceptors (Lipinski definition) is 4. The Hall–Kier alpha value is -3.39. The van der Waals surface area contributed by atoms with Gasteiger partial charge < -0.3 is 10.2 Å². The standard InChI is InChI=1S/C25H28FN3O3S/c1-2-29(23-7-4-3-5-8-23)18-6-17-27-25(30)19-20-9-13-22(14-10-20)28-33(31,32)24-15-11-21(26)12-16-24/h3-5,7-16,28H,2,6,17-19H2,1H3,(H,27,30). The lowest BCUT2D eigenvalue weighted by molar-refractivity contribution is -0.120. The molecular formula is C25H28FN3O3S. The molecule has 174 valence electrons. The Morgan fingerprint density at radius 3 is 2.24 bits per heavy atom. The number of benzene rings is 3. The molecule has 0 aliphatic carbocycles. The van der Waals surface area contributed by atoms with Crippen molar-refractivity contribution < 1.29 is 17.6 Å². The molecule has 0 saturated heterocycles. The highest BCUT2D eigenvalue weighted by Gasteiger charge is 2.14. The normalized spacial score (nSPS) is 11.1. The van der Waals surface area contributed by atoms with Crippen LogP contribution < -0.4 is 14.9 Å². The van der Waals surface area contributed by atoms with E-state index in [9.17, 15) is 17.6 Å². The molecule has 0 aromatic heterocycles. The predicted octanol–water partition coefficient (Wildman–Crippen LogP) is 4.20. The van der Waals surface area contributed by atoms with Gasteiger partial charge in [-0.15, -0.1) is 0 Å². The average molecular weight is 470 g/mol. The Bertz CT molecular complexity index is 1140. The Labute approximate surface area is 194 Å². The summed E-state index contributed by atoms with van der Waals surface area (Å²) in [7, 11) is -3.81. The fourth-order valence-electron chi connectivity index (χ4n) is 3.37. The summed E-state index contributed by atoms with van der Waals surface area (Å²) in [6.45, 7) is 4.44. The van der Waals surface area contributed by atoms with E-state index < -0.39 is 15.8 Å². The first-order valence-electron chi connectivity index (χ1n) is 10.8. The number of hydrogen-bond donors (Lipinski definition) is 2. The van der Waals surface area contributed by atoms with Crippen LogP contribution in [-0.4, -0.2) is 34.0 Å². The summed E-state index contributed by atoms with van der Waals surface area (Å²) < 4.78 is 40.2. The molecule has 3 aromatic rings. The summed E-state index contributed by atoms with van der Waals surface area (Å²) in [5.74, 6) is -0.590. The fraction of sp³-hybridized carbons (Fsp3) is 0.240. The lowest BCUT2D eigenvalue weighted by atomic mass is 10.1. The number of para-hydroxylation sites is 1. The van der Waals surface area contributed by atoms with Gasteiger partial charge in [0.15, 0.2) is 0 Å². The average Bonchev–Trinajstić information content (AvgIpc) is 2.81. The summed E-state index contributed by atoms with van der Waals surface area (Å²) in [6.07, 6.45) is 1.04. The number of halogens is 1. The van der Waals surface area contributed by atoms with Crippen molar-refractivity contribution >= 4 is 27.3 Å². The molecule has 0 fully saturated rings. The summed E-state index contributed by atoms with van der Waals surface area (Å²) in [5, 5.41) is 2.93. The number of sulfonamides is 1. The van der Waals surface area contributed by atoms with Crippen molar-refractivity contribution in [2.24, 2.45) is 0 Å². The van der Waals surface area contributed by atoms with Gasteiger partial charge in [-0.3, -0.25) is 9.52 Å². The third kappa shape index (κ3) is 7.32. The van der Waals surface area contributed by atoms with E-state index in [1.54, 1.807) is 24.3 Å². The maximum atomic E-state index is 13.0. The van der Waals surface area contributed by atoms with Gasteiger partial charge >= 0.3 is 0 Å². The van der Waals surface area contributed by atoms with Crippen LogP contribution in [0.15, 0.2) is 83.8 Å². The molecule has 0 spiro atoms. The van der Waals surface area contributed by atoms with Crippen LogP contribution >= 0.6 is 0 Å². The number of anilines is 2.